The molecular formula is C20H20Cl2N4O2. The van der Waals surface area contributed by atoms with Crippen LogP contribution in [0.3, 0.4) is 0 Å². The summed E-state index contributed by atoms with van der Waals surface area (Å²) in [6.07, 6.45) is 3.90. The molecule has 4 rings (SSSR count). The summed E-state index contributed by atoms with van der Waals surface area (Å²) in [6.45, 7) is 4.92. The average molecular weight is 419 g/mol. The second-order valence-corrected chi connectivity index (χ2v) is 7.53. The number of ether oxygens (including phenoxy) is 1. The normalized spacial score (nSPS) is 14.5. The summed E-state index contributed by atoms with van der Waals surface area (Å²) >= 11 is 12.6. The zero-order chi connectivity index (χ0) is 19.7. The van der Waals surface area contributed by atoms with Gasteiger partial charge in [0.25, 0.3) is 0 Å². The molecule has 1 aromatic carbocycles. The van der Waals surface area contributed by atoms with E-state index < -0.39 is 0 Å². The highest BCUT2D eigenvalue weighted by atomic mass is 35.5. The number of aromatic nitrogens is 2. The highest BCUT2D eigenvalue weighted by Crippen LogP contribution is 2.34. The number of hydrogen-bond acceptors (Lipinski definition) is 4. The number of nitrogens with zero attached hydrogens (tertiary/aromatic N) is 3. The van der Waals surface area contributed by atoms with E-state index in [2.05, 4.69) is 19.6 Å². The monoisotopic (exact) mass is 418 g/mol. The maximum absolute atomic E-state index is 11.5. The number of pyridine rings is 1. The van der Waals surface area contributed by atoms with Crippen LogP contribution in [0.25, 0.3) is 16.8 Å². The predicted molar refractivity (Wildman–Crippen MR) is 111 cm³/mol. The lowest BCUT2D eigenvalue weighted by Crippen LogP contribution is -2.36. The van der Waals surface area contributed by atoms with Crippen molar-refractivity contribution >= 4 is 40.6 Å². The first-order valence-electron chi connectivity index (χ1n) is 9.05. The molecule has 1 fully saturated rings. The molecule has 0 atom stereocenters. The minimum absolute atomic E-state index is 0.0922. The standard InChI is InChI=1S/C20H20Cl2N4O2/c1-13(27)23-10-14-8-19-24-11-20(25-4-6-28-7-5-25)26(19)12-17(14)16-3-2-15(21)9-18(16)22/h2-3,8-9,11-12H,4-7,10H2,1H3,(H,23,27). The fraction of sp³-hybridized carbons (Fsp3) is 0.300. The SMILES string of the molecule is CC(=O)NCc1cc2ncc(N3CCOCC3)n2cc1-c1ccc(Cl)cc1Cl. The van der Waals surface area contributed by atoms with E-state index in [0.717, 1.165) is 41.2 Å². The van der Waals surface area contributed by atoms with Gasteiger partial charge in [-0.05, 0) is 23.8 Å². The molecule has 0 aliphatic carbocycles. The van der Waals surface area contributed by atoms with Gasteiger partial charge in [-0.3, -0.25) is 9.20 Å². The number of anilines is 1. The van der Waals surface area contributed by atoms with Crippen molar-refractivity contribution in [2.75, 3.05) is 31.2 Å². The first-order valence-corrected chi connectivity index (χ1v) is 9.81. The zero-order valence-electron chi connectivity index (χ0n) is 15.4. The highest BCUT2D eigenvalue weighted by Gasteiger charge is 2.18. The van der Waals surface area contributed by atoms with Gasteiger partial charge in [-0.2, -0.15) is 0 Å². The van der Waals surface area contributed by atoms with Crippen LogP contribution in [0, 0.1) is 0 Å². The third-order valence-corrected chi connectivity index (χ3v) is 5.35. The molecule has 3 aromatic rings. The van der Waals surface area contributed by atoms with Crippen molar-refractivity contribution in [3.05, 3.63) is 52.3 Å². The van der Waals surface area contributed by atoms with Crippen LogP contribution in [0.2, 0.25) is 10.0 Å². The molecule has 6 nitrogen and oxygen atoms in total. The maximum Gasteiger partial charge on any atom is 0.217 e. The number of nitrogens with one attached hydrogen (secondary N) is 1. The van der Waals surface area contributed by atoms with Gasteiger partial charge in [0.05, 0.1) is 19.4 Å². The number of halogens is 2. The van der Waals surface area contributed by atoms with Gasteiger partial charge in [0.2, 0.25) is 5.91 Å². The van der Waals surface area contributed by atoms with Crippen LogP contribution in [0.15, 0.2) is 36.7 Å². The molecule has 1 saturated heterocycles. The molecule has 3 heterocycles. The summed E-state index contributed by atoms with van der Waals surface area (Å²) in [7, 11) is 0. The molecule has 1 aliphatic rings. The van der Waals surface area contributed by atoms with Gasteiger partial charge in [0.15, 0.2) is 0 Å². The molecule has 2 aromatic heterocycles. The van der Waals surface area contributed by atoms with Crippen LogP contribution in [0.1, 0.15) is 12.5 Å². The van der Waals surface area contributed by atoms with E-state index in [1.807, 2.05) is 30.6 Å². The molecule has 28 heavy (non-hydrogen) atoms. The molecule has 146 valence electrons. The van der Waals surface area contributed by atoms with Crippen molar-refractivity contribution in [3.8, 4) is 11.1 Å². The Kier molecular flexibility index (Phi) is 5.44. The topological polar surface area (TPSA) is 58.9 Å². The number of morpholine rings is 1. The fourth-order valence-electron chi connectivity index (χ4n) is 3.39. The van der Waals surface area contributed by atoms with Crippen LogP contribution in [-0.4, -0.2) is 41.6 Å². The van der Waals surface area contributed by atoms with Crippen molar-refractivity contribution in [1.82, 2.24) is 14.7 Å². The van der Waals surface area contributed by atoms with Crippen LogP contribution in [0.4, 0.5) is 5.82 Å². The number of imidazole rings is 1. The Bertz CT molecular complexity index is 1030. The fourth-order valence-corrected chi connectivity index (χ4v) is 3.90. The smallest absolute Gasteiger partial charge is 0.217 e. The van der Waals surface area contributed by atoms with E-state index in [4.69, 9.17) is 27.9 Å². The summed E-state index contributed by atoms with van der Waals surface area (Å²) < 4.78 is 7.52. The van der Waals surface area contributed by atoms with Crippen LogP contribution in [-0.2, 0) is 16.1 Å². The quantitative estimate of drug-likeness (QED) is 0.700. The number of carbonyl (C=O) groups is 1. The first kappa shape index (κ1) is 19.1. The molecule has 0 saturated carbocycles. The molecule has 0 radical (unpaired) electrons. The Morgan fingerprint density at radius 3 is 2.71 bits per heavy atom. The summed E-state index contributed by atoms with van der Waals surface area (Å²) in [4.78, 5) is 18.3. The Morgan fingerprint density at radius 2 is 2.00 bits per heavy atom. The van der Waals surface area contributed by atoms with Crippen molar-refractivity contribution < 1.29 is 9.53 Å². The van der Waals surface area contributed by atoms with E-state index in [1.54, 1.807) is 6.07 Å². The number of rotatable bonds is 4. The minimum atomic E-state index is -0.0922. The van der Waals surface area contributed by atoms with Gasteiger partial charge in [0.1, 0.15) is 11.5 Å². The summed E-state index contributed by atoms with van der Waals surface area (Å²) in [5, 5.41) is 4.00. The van der Waals surface area contributed by atoms with E-state index in [1.165, 1.54) is 6.92 Å². The molecule has 0 unspecified atom stereocenters. The van der Waals surface area contributed by atoms with E-state index >= 15 is 0 Å². The van der Waals surface area contributed by atoms with Gasteiger partial charge >= 0.3 is 0 Å². The van der Waals surface area contributed by atoms with Crippen LogP contribution < -0.4 is 10.2 Å². The second-order valence-electron chi connectivity index (χ2n) is 6.69. The lowest BCUT2D eigenvalue weighted by molar-refractivity contribution is -0.119. The third kappa shape index (κ3) is 3.81. The largest absolute Gasteiger partial charge is 0.378 e. The van der Waals surface area contributed by atoms with Crippen LogP contribution >= 0.6 is 23.2 Å². The lowest BCUT2D eigenvalue weighted by atomic mass is 10.0. The minimum Gasteiger partial charge on any atom is -0.378 e. The number of hydrogen-bond donors (Lipinski definition) is 1. The number of carbonyl (C=O) groups excluding carboxylic acids is 1. The molecule has 0 spiro atoms. The van der Waals surface area contributed by atoms with Crippen molar-refractivity contribution in [1.29, 1.82) is 0 Å². The number of amides is 1. The summed E-state index contributed by atoms with van der Waals surface area (Å²) in [5.41, 5.74) is 3.53. The highest BCUT2D eigenvalue weighted by molar-refractivity contribution is 6.36. The van der Waals surface area contributed by atoms with Gasteiger partial charge in [-0.25, -0.2) is 4.98 Å². The van der Waals surface area contributed by atoms with Gasteiger partial charge < -0.3 is 15.0 Å². The Balaban J connectivity index is 1.85. The number of fused-ring (bicyclic) bond motifs is 1. The van der Waals surface area contributed by atoms with E-state index in [0.29, 0.717) is 29.8 Å². The van der Waals surface area contributed by atoms with Crippen LogP contribution in [0.5, 0.6) is 0 Å². The Morgan fingerprint density at radius 1 is 1.21 bits per heavy atom. The molecule has 8 heteroatoms. The summed E-state index contributed by atoms with van der Waals surface area (Å²) in [6, 6.07) is 7.42. The van der Waals surface area contributed by atoms with Gasteiger partial charge in [-0.15, -0.1) is 0 Å². The Labute approximate surface area is 173 Å². The maximum atomic E-state index is 11.5. The molecule has 0 bridgehead atoms. The summed E-state index contributed by atoms with van der Waals surface area (Å²) in [5.74, 6) is 0.918. The van der Waals surface area contributed by atoms with E-state index in [-0.39, 0.29) is 5.91 Å². The first-order chi connectivity index (χ1) is 13.5. The molecule has 1 amide bonds. The molecule has 1 N–H and O–H groups in total. The molecular weight excluding hydrogens is 399 g/mol. The zero-order valence-corrected chi connectivity index (χ0v) is 16.9. The van der Waals surface area contributed by atoms with Gasteiger partial charge in [0, 0.05) is 53.9 Å². The second kappa shape index (κ2) is 7.99. The van der Waals surface area contributed by atoms with Crippen molar-refractivity contribution in [3.63, 3.8) is 0 Å². The lowest BCUT2D eigenvalue weighted by Gasteiger charge is -2.28. The van der Waals surface area contributed by atoms with E-state index in [9.17, 15) is 4.79 Å². The third-order valence-electron chi connectivity index (χ3n) is 4.80. The predicted octanol–water partition coefficient (Wildman–Crippen LogP) is 3.78. The molecule has 1 aliphatic heterocycles. The van der Waals surface area contributed by atoms with Crippen molar-refractivity contribution in [2.24, 2.45) is 0 Å². The van der Waals surface area contributed by atoms with Gasteiger partial charge in [-0.1, -0.05) is 29.3 Å². The Hall–Kier alpha value is -2.28. The number of benzene rings is 1. The average Bonchev–Trinajstić information content (AvgIpc) is 3.09. The van der Waals surface area contributed by atoms with Crippen molar-refractivity contribution in [2.45, 2.75) is 13.5 Å².